The van der Waals surface area contributed by atoms with E-state index in [4.69, 9.17) is 44.2 Å². The van der Waals surface area contributed by atoms with Crippen LogP contribution in [-0.4, -0.2) is 40.3 Å². The molecule has 1 heterocycles. The number of nitrogens with zero attached hydrogens (tertiary/aromatic N) is 1. The van der Waals surface area contributed by atoms with Crippen molar-refractivity contribution >= 4 is 15.6 Å². The monoisotopic (exact) mass is 4810 g/mol. The van der Waals surface area contributed by atoms with Crippen molar-refractivity contribution in [3.63, 3.8) is 0 Å². The van der Waals surface area contributed by atoms with Gasteiger partial charge in [-0.3, -0.25) is 9.79 Å². The Morgan fingerprint density at radius 1 is 0.667 bits per heavy atom. The first kappa shape index (κ1) is 203. The summed E-state index contributed by atoms with van der Waals surface area (Å²) in [6.07, 6.45) is 7.62. The van der Waals surface area contributed by atoms with E-state index in [9.17, 15) is 0 Å². The molecule has 0 spiro atoms. The molecule has 1 aromatic heterocycles. The van der Waals surface area contributed by atoms with Crippen LogP contribution in [0.1, 0.15) is 24.8 Å². The summed E-state index contributed by atoms with van der Waals surface area (Å²) in [6.45, 7) is 5.52. The van der Waals surface area contributed by atoms with E-state index in [0.717, 1.165) is 13.0 Å². The molecule has 0 aliphatic rings. The maximum Gasteiger partial charge on any atom is 0.628 e. The van der Waals surface area contributed by atoms with Gasteiger partial charge in [0.1, 0.15) is 6.54 Å². The van der Waals surface area contributed by atoms with Crippen LogP contribution in [0.15, 0.2) is 24.5 Å². The fraction of sp³-hybridized carbons (Fsp3) is 0.455. The largest absolute Gasteiger partial charge is 0.693 e. The van der Waals surface area contributed by atoms with E-state index >= 15 is 0 Å². The number of phosphoric acid groups is 1. The van der Waals surface area contributed by atoms with Gasteiger partial charge in [-0.25, -0.2) is 9.13 Å². The van der Waals surface area contributed by atoms with Crippen molar-refractivity contribution in [3.05, 3.63) is 67.8 Å². The minimum atomic E-state index is -4.64. The first-order valence-electron chi connectivity index (χ1n) is 6.43. The predicted octanol–water partition coefficient (Wildman–Crippen LogP) is 1.25. The van der Waals surface area contributed by atoms with Crippen LogP contribution in [-0.2, 0) is 22.2 Å². The Morgan fingerprint density at radius 2 is 0.896 bits per heavy atom. The zero-order chi connectivity index (χ0) is 18.5. The molecule has 1 aromatic rings. The number of nitrogens with two attached hydrogens (primary N) is 6. The minimum absolute atomic E-state index is 0. The molecule has 37 heteroatoms. The second-order valence-corrected chi connectivity index (χ2v) is 6.39. The molecule has 0 amide bonds. The molecule has 48 heavy (non-hydrogen) atoms. The Balaban J connectivity index is -0.00000000468. The van der Waals surface area contributed by atoms with Crippen molar-refractivity contribution in [3.8, 4) is 0 Å². The molecule has 17 nitrogen and oxygen atoms in total. The maximum atomic E-state index is 8.99. The standard InChI is InChI=1S/C11H18N2.10Ac.5H2N.7No.Np.2H3O4P.2H2O/c1-2-3-4-7-13-8-5-6-11(9-12)10-13;;;;;;;;;;;;;;;;;;;;;;;;2*1-5(2,3)4;;/h5-6,8,10H,1-4,7,9,12H2;;;;;;;;;;;5*1H2;;;;;;;;;2*(H3,1,2,3,4);2*1H2/q;;;;;;;;;;;5*-1;;;;;;;;;;;;/p+1. The van der Waals surface area contributed by atoms with Gasteiger partial charge in [-0.05, 0) is 6.07 Å². The summed E-state index contributed by atoms with van der Waals surface area (Å²) < 4.78 is 20.1. The van der Waals surface area contributed by atoms with Gasteiger partial charge in [-0.15, -0.1) is 0 Å². The number of hydrogen-bond donors (Lipinski definition) is 6. The first-order chi connectivity index (χ1) is 10.4. The van der Waals surface area contributed by atoms with E-state index in [2.05, 4.69) is 30.0 Å². The molecule has 0 bridgehead atoms. The van der Waals surface area contributed by atoms with Crippen molar-refractivity contribution in [2.75, 3.05) is 0 Å². The molecule has 0 aliphatic carbocycles. The number of aromatic nitrogens is 1. The van der Waals surface area contributed by atoms with Crippen LogP contribution < -0.4 is 10.3 Å². The number of pyridine rings is 1. The Hall–Kier alpha value is 7.48. The van der Waals surface area contributed by atoms with E-state index in [1.165, 1.54) is 18.4 Å². The average Bonchev–Trinajstić information content (AvgIpc) is 2.35. The van der Waals surface area contributed by atoms with E-state index in [1.807, 2.05) is 6.07 Å². The van der Waals surface area contributed by atoms with Crippen LogP contribution in [0, 0.1) is 477 Å². The Labute approximate surface area is 625 Å². The predicted molar refractivity (Wildman–Crippen MR) is 117 cm³/mol. The van der Waals surface area contributed by atoms with E-state index in [1.54, 1.807) is 0 Å². The summed E-state index contributed by atoms with van der Waals surface area (Å²) >= 11 is 0. The smallest absolute Gasteiger partial charge is 0.628 e. The first-order valence-corrected chi connectivity index (χ1v) is 9.60. The summed E-state index contributed by atoms with van der Waals surface area (Å²) in [5.74, 6) is 0. The van der Waals surface area contributed by atoms with Gasteiger partial charge in [0.2, 0.25) is 0 Å². The zero-order valence-corrected chi connectivity index (χ0v) is 93.0. The third-order valence-electron chi connectivity index (χ3n) is 2.07. The van der Waals surface area contributed by atoms with Crippen LogP contribution >= 0.6 is 15.6 Å². The third kappa shape index (κ3) is 246. The zero-order valence-electron chi connectivity index (χ0n) is 24.5. The van der Waals surface area contributed by atoms with E-state index in [0.29, 0.717) is 6.54 Å². The molecule has 0 atom stereocenters. The van der Waals surface area contributed by atoms with Crippen LogP contribution in [0.25, 0.3) is 30.8 Å². The Bertz CT molecular complexity index is 564. The van der Waals surface area contributed by atoms with Gasteiger partial charge in [-0.1, -0.05) is 6.42 Å². The number of hydrogen-bond acceptors (Lipinski definition) is 3. The van der Waals surface area contributed by atoms with E-state index < -0.39 is 15.6 Å². The van der Waals surface area contributed by atoms with Gasteiger partial charge < -0.3 is 73.9 Å². The molecule has 11 radical (unpaired) electrons. The molecule has 0 fully saturated rings. The Morgan fingerprint density at radius 3 is 1.08 bits per heavy atom. The average molecular weight is 4810 g/mol. The van der Waals surface area contributed by atoms with Crippen LogP contribution in [0.4, 0.5) is 0 Å². The second-order valence-electron chi connectivity index (χ2n) is 4.27. The third-order valence-corrected chi connectivity index (χ3v) is 2.07. The Kier molecular flexibility index (Phi) is 554. The summed E-state index contributed by atoms with van der Waals surface area (Å²) in [6, 6.07) is 4.10. The van der Waals surface area contributed by atoms with Crippen molar-refractivity contribution < 1.29 is 525 Å². The topological polar surface area (TPSA) is 419 Å². The fourth-order valence-electron chi connectivity index (χ4n) is 1.31. The molecule has 0 unspecified atom stereocenters. The van der Waals surface area contributed by atoms with Crippen LogP contribution in [0.3, 0.4) is 0 Å². The molecule has 23 N–H and O–H groups in total. The molecular formula is C11H39Ac10N7No7NpO10P2-4. The summed E-state index contributed by atoms with van der Waals surface area (Å²) in [5, 5.41) is 0. The van der Waals surface area contributed by atoms with Gasteiger partial charge in [0.05, 0.1) is 0 Å². The maximum absolute atomic E-state index is 8.99. The molecule has 0 saturated heterocycles. The SMILES string of the molecule is O.O.O=P(O)(O)O.O=P(O)(O)[OH2+].[Ac].[Ac].[Ac].[Ac].[Ac].[Ac].[Ac].[Ac].[Ac].[Ac].[CH2-]CCCC[n+]1cccc(CN)c1.[NH2-].[NH2-].[NH2-].[NH2-].[NH2-].[No].[No].[No].[No].[No].[No].[No].[Np]. The van der Waals surface area contributed by atoms with Gasteiger partial charge in [0.15, 0.2) is 12.4 Å². The number of rotatable bonds is 5. The minimum Gasteiger partial charge on any atom is -0.693 e. The summed E-state index contributed by atoms with van der Waals surface area (Å²) in [5.41, 5.74) is 6.74. The van der Waals surface area contributed by atoms with Crippen molar-refractivity contribution in [1.82, 2.24) is 0 Å². The number of unbranched alkanes of at least 4 members (excludes halogenated alkanes) is 2. The molecular weight excluding hydrogens is 4770 g/mol. The van der Waals surface area contributed by atoms with Crippen LogP contribution in [0.5, 0.6) is 0 Å². The van der Waals surface area contributed by atoms with Crippen molar-refractivity contribution in [2.45, 2.75) is 32.4 Å². The fourth-order valence-corrected chi connectivity index (χ4v) is 1.31. The summed E-state index contributed by atoms with van der Waals surface area (Å²) in [7, 11) is -9.03. The molecule has 1 rings (SSSR count). The van der Waals surface area contributed by atoms with Gasteiger partial charge in [-0.2, -0.15) is 11.0 Å². The van der Waals surface area contributed by atoms with Crippen molar-refractivity contribution in [1.29, 1.82) is 0 Å². The summed E-state index contributed by atoms with van der Waals surface area (Å²) in [4.78, 5) is 41.8. The molecule has 325 valence electrons. The van der Waals surface area contributed by atoms with Gasteiger partial charge in [0.25, 0.3) is 0 Å². The normalized spacial score (nSPS) is 5.25. The van der Waals surface area contributed by atoms with Crippen LogP contribution in [0.2, 0.25) is 0 Å². The van der Waals surface area contributed by atoms with Gasteiger partial charge >= 0.3 is 15.6 Å². The molecule has 0 aromatic carbocycles. The second kappa shape index (κ2) is 131. The molecule has 0 saturated carbocycles. The number of aryl methyl sites for hydroxylation is 1. The van der Waals surface area contributed by atoms with Gasteiger partial charge in [0, 0.05) is 495 Å². The van der Waals surface area contributed by atoms with E-state index in [-0.39, 0.29) is 512 Å². The van der Waals surface area contributed by atoms with Crippen molar-refractivity contribution in [2.24, 2.45) is 5.73 Å². The molecule has 0 aliphatic heterocycles. The quantitative estimate of drug-likeness (QED) is 0.0817.